The summed E-state index contributed by atoms with van der Waals surface area (Å²) in [6.07, 6.45) is 85.7. The van der Waals surface area contributed by atoms with Gasteiger partial charge >= 0.3 is 5.97 Å². The van der Waals surface area contributed by atoms with Crippen LogP contribution in [0.1, 0.15) is 258 Å². The molecule has 0 saturated carbocycles. The molecule has 0 saturated heterocycles. The van der Waals surface area contributed by atoms with Gasteiger partial charge in [-0.25, -0.2) is 0 Å². The fraction of sp³-hybridized carbons (Fsp3) is 0.667. The average Bonchev–Trinajstić information content (AvgIpc) is 3.47. The maximum atomic E-state index is 13.6. The lowest BCUT2D eigenvalue weighted by Gasteiger charge is -2.30. The Bertz CT molecular complexity index is 1860. The van der Waals surface area contributed by atoms with Crippen molar-refractivity contribution in [3.63, 3.8) is 0 Å². The number of rotatable bonds is 58. The van der Waals surface area contributed by atoms with Crippen molar-refractivity contribution in [2.45, 2.75) is 270 Å². The van der Waals surface area contributed by atoms with Gasteiger partial charge in [0.15, 0.2) is 0 Å². The van der Waals surface area contributed by atoms with Crippen LogP contribution in [0.3, 0.4) is 0 Å². The summed E-state index contributed by atoms with van der Waals surface area (Å²) in [5.41, 5.74) is 0. The summed E-state index contributed by atoms with van der Waals surface area (Å²) < 4.78 is 30.3. The Kier molecular flexibility index (Phi) is 57.4. The molecule has 0 aromatic carbocycles. The lowest BCUT2D eigenvalue weighted by molar-refractivity contribution is -0.870. The van der Waals surface area contributed by atoms with Crippen LogP contribution in [0, 0.1) is 0 Å². The lowest BCUT2D eigenvalue weighted by Crippen LogP contribution is -2.47. The van der Waals surface area contributed by atoms with Gasteiger partial charge < -0.3 is 28.5 Å². The molecule has 3 unspecified atom stereocenters. The van der Waals surface area contributed by atoms with Gasteiger partial charge in [0.1, 0.15) is 19.3 Å². The van der Waals surface area contributed by atoms with E-state index in [4.69, 9.17) is 13.8 Å². The Morgan fingerprint density at radius 1 is 0.439 bits per heavy atom. The Labute approximate surface area is 505 Å². The minimum absolute atomic E-state index is 0.0394. The number of unbranched alkanes of at least 4 members (excludes halogenated alkanes) is 22. The van der Waals surface area contributed by atoms with Gasteiger partial charge in [0.25, 0.3) is 7.82 Å². The van der Waals surface area contributed by atoms with Crippen LogP contribution in [0.4, 0.5) is 0 Å². The maximum absolute atomic E-state index is 13.6. The molecule has 0 aliphatic rings. The molecule has 0 bridgehead atoms. The first-order valence-electron chi connectivity index (χ1n) is 33.0. The monoisotopic (exact) mass is 1160 g/mol. The van der Waals surface area contributed by atoms with Crippen molar-refractivity contribution >= 4 is 19.7 Å². The van der Waals surface area contributed by atoms with E-state index in [-0.39, 0.29) is 25.4 Å². The summed E-state index contributed by atoms with van der Waals surface area (Å²) >= 11 is 0. The highest BCUT2D eigenvalue weighted by Crippen LogP contribution is 2.38. The predicted molar refractivity (Wildman–Crippen MR) is 353 cm³/mol. The zero-order chi connectivity index (χ0) is 60.0. The molecule has 9 nitrogen and oxygen atoms in total. The fourth-order valence-electron chi connectivity index (χ4n) is 8.75. The van der Waals surface area contributed by atoms with Gasteiger partial charge in [0.05, 0.1) is 33.8 Å². The third-order valence-electron chi connectivity index (χ3n) is 13.8. The fourth-order valence-corrected chi connectivity index (χ4v) is 9.48. The molecule has 0 radical (unpaired) electrons. The number of nitrogens with zero attached hydrogens (tertiary/aromatic N) is 1. The number of allylic oxidation sites excluding steroid dienone is 21. The number of nitrogens with one attached hydrogen (secondary N) is 1. The van der Waals surface area contributed by atoms with Crippen LogP contribution in [-0.4, -0.2) is 69.4 Å². The predicted octanol–water partition coefficient (Wildman–Crippen LogP) is 20.2. The Balaban J connectivity index is 5.22. The van der Waals surface area contributed by atoms with Crippen LogP contribution in [0.15, 0.2) is 134 Å². The second kappa shape index (κ2) is 60.3. The van der Waals surface area contributed by atoms with Gasteiger partial charge in [-0.05, 0) is 122 Å². The molecule has 468 valence electrons. The molecule has 10 heteroatoms. The van der Waals surface area contributed by atoms with E-state index in [0.29, 0.717) is 23.9 Å². The van der Waals surface area contributed by atoms with Gasteiger partial charge in [-0.15, -0.1) is 0 Å². The van der Waals surface area contributed by atoms with E-state index in [9.17, 15) is 19.0 Å². The summed E-state index contributed by atoms with van der Waals surface area (Å²) in [5, 5.41) is 3.01. The van der Waals surface area contributed by atoms with E-state index in [1.54, 1.807) is 0 Å². The van der Waals surface area contributed by atoms with Crippen molar-refractivity contribution in [1.29, 1.82) is 0 Å². The van der Waals surface area contributed by atoms with E-state index < -0.39 is 32.5 Å². The van der Waals surface area contributed by atoms with E-state index in [1.807, 2.05) is 33.3 Å². The number of phosphoric acid groups is 1. The third-order valence-corrected chi connectivity index (χ3v) is 14.8. The molecule has 0 spiro atoms. The normalized spacial score (nSPS) is 14.5. The molecule has 0 aromatic rings. The third kappa shape index (κ3) is 60.7. The van der Waals surface area contributed by atoms with E-state index in [2.05, 4.69) is 148 Å². The first kappa shape index (κ1) is 78.1. The molecular weight excluding hydrogens is 1040 g/mol. The molecule has 0 aliphatic heterocycles. The molecule has 0 fully saturated rings. The van der Waals surface area contributed by atoms with Gasteiger partial charge in [0, 0.05) is 12.8 Å². The highest BCUT2D eigenvalue weighted by Gasteiger charge is 2.27. The number of carbonyl (C=O) groups is 2. The first-order chi connectivity index (χ1) is 39.9. The van der Waals surface area contributed by atoms with Crippen molar-refractivity contribution in [1.82, 2.24) is 5.32 Å². The van der Waals surface area contributed by atoms with Gasteiger partial charge in [-0.2, -0.15) is 0 Å². The van der Waals surface area contributed by atoms with Crippen molar-refractivity contribution in [3.8, 4) is 0 Å². The van der Waals surface area contributed by atoms with E-state index in [1.165, 1.54) is 103 Å². The number of carbonyl (C=O) groups excluding carboxylic acids is 2. The Hall–Kier alpha value is -3.85. The maximum Gasteiger partial charge on any atom is 0.306 e. The summed E-state index contributed by atoms with van der Waals surface area (Å²) in [7, 11) is 1.13. The second-order valence-electron chi connectivity index (χ2n) is 22.9. The number of esters is 1. The van der Waals surface area contributed by atoms with E-state index >= 15 is 0 Å². The van der Waals surface area contributed by atoms with E-state index in [0.717, 1.165) is 109 Å². The van der Waals surface area contributed by atoms with Gasteiger partial charge in [-0.1, -0.05) is 258 Å². The summed E-state index contributed by atoms with van der Waals surface area (Å²) in [6.45, 7) is 6.64. The molecule has 1 N–H and O–H groups in total. The number of phosphoric ester groups is 1. The number of hydrogen-bond acceptors (Lipinski definition) is 7. The molecule has 0 rings (SSSR count). The molecule has 1 amide bonds. The molecule has 0 aromatic heterocycles. The summed E-state index contributed by atoms with van der Waals surface area (Å²) in [5.74, 6) is -0.624. The van der Waals surface area contributed by atoms with Crippen molar-refractivity contribution < 1.29 is 37.3 Å². The Morgan fingerprint density at radius 2 is 0.793 bits per heavy atom. The number of amides is 1. The number of hydrogen-bond donors (Lipinski definition) is 1. The van der Waals surface area contributed by atoms with Crippen molar-refractivity contribution in [2.24, 2.45) is 0 Å². The van der Waals surface area contributed by atoms with Gasteiger partial charge in [-0.3, -0.25) is 14.2 Å². The lowest BCUT2D eigenvalue weighted by atomic mass is 10.0. The number of likely N-dealkylation sites (N-methyl/N-ethyl adjacent to an activating group) is 1. The summed E-state index contributed by atoms with van der Waals surface area (Å²) in [4.78, 5) is 40.0. The van der Waals surface area contributed by atoms with Crippen molar-refractivity contribution in [2.75, 3.05) is 40.9 Å². The first-order valence-corrected chi connectivity index (χ1v) is 34.5. The highest BCUT2D eigenvalue weighted by molar-refractivity contribution is 7.45. The SMILES string of the molecule is CC/C=C\C/C=C\C/C=C\C/C=C\C/C=C\C/C=C\CCCCCCCCCCC(=O)NC(COP(=O)([O-])OCC[N+](C)(C)C)C(/C=C\CCCCCCCCCCCC)OC(=O)CCC/C=C\C/C=C\C/C=C\C/C=C\CCCCC. The van der Waals surface area contributed by atoms with Crippen LogP contribution in [-0.2, 0) is 27.9 Å². The van der Waals surface area contributed by atoms with Crippen LogP contribution in [0.2, 0.25) is 0 Å². The second-order valence-corrected chi connectivity index (χ2v) is 24.3. The quantitative estimate of drug-likeness (QED) is 0.0212. The van der Waals surface area contributed by atoms with Crippen LogP contribution in [0.5, 0.6) is 0 Å². The topological polar surface area (TPSA) is 114 Å². The smallest absolute Gasteiger partial charge is 0.306 e. The summed E-state index contributed by atoms with van der Waals surface area (Å²) in [6, 6.07) is -0.925. The average molecular weight is 1160 g/mol. The zero-order valence-corrected chi connectivity index (χ0v) is 54.3. The minimum atomic E-state index is -4.72. The van der Waals surface area contributed by atoms with Crippen molar-refractivity contribution in [3.05, 3.63) is 134 Å². The molecule has 3 atom stereocenters. The number of ether oxygens (including phenoxy) is 1. The molecule has 0 heterocycles. The molecule has 0 aliphatic carbocycles. The van der Waals surface area contributed by atoms with Crippen LogP contribution >= 0.6 is 7.82 Å². The largest absolute Gasteiger partial charge is 0.756 e. The highest BCUT2D eigenvalue weighted by atomic mass is 31.2. The van der Waals surface area contributed by atoms with Crippen LogP contribution < -0.4 is 10.2 Å². The molecular formula is C72H123N2O7P. The minimum Gasteiger partial charge on any atom is -0.756 e. The Morgan fingerprint density at radius 3 is 1.22 bits per heavy atom. The number of quaternary nitrogens is 1. The van der Waals surface area contributed by atoms with Gasteiger partial charge in [0.2, 0.25) is 5.91 Å². The molecule has 82 heavy (non-hydrogen) atoms. The standard InChI is InChI=1S/C72H123N2O7P/c1-7-10-13-16-19-22-25-28-30-32-33-34-35-36-37-38-39-40-41-43-44-46-49-52-55-58-61-64-71(75)73-69(68-80-82(77,78)79-67-66-74(4,5)6)70(63-60-57-54-51-48-27-24-21-18-15-12-9-3)81-72(76)65-62-59-56-53-50-47-45-42-31-29-26-23-20-17-14-11-8-2/h10,13,19-20,22-23,28-31,33-34,36-37,39-40,45,47,53,56,60,63,69-70H,7-9,11-12,14-18,21,24-27,32,35,38,41-44,46,48-52,54-55,57-59,61-62,64-68H2,1-6H3,(H-,73,75,77,78)/b13-10-,22-19-,23-20-,30-28-,31-29-,34-33-,37-36-,40-39-,47-45-,56-53-,63-60-. The zero-order valence-electron chi connectivity index (χ0n) is 53.4. The van der Waals surface area contributed by atoms with Crippen LogP contribution in [0.25, 0.3) is 0 Å².